The zero-order valence-electron chi connectivity index (χ0n) is 18.0. The summed E-state index contributed by atoms with van der Waals surface area (Å²) >= 11 is 0. The molecule has 0 amide bonds. The van der Waals surface area contributed by atoms with Crippen molar-refractivity contribution in [1.82, 2.24) is 4.98 Å². The normalized spacial score (nSPS) is 11.0. The molecule has 3 aromatic carbocycles. The van der Waals surface area contributed by atoms with Gasteiger partial charge in [0, 0.05) is 19.2 Å². The van der Waals surface area contributed by atoms with Crippen molar-refractivity contribution in [3.63, 3.8) is 0 Å². The van der Waals surface area contributed by atoms with E-state index in [4.69, 9.17) is 19.6 Å². The Kier molecular flexibility index (Phi) is 6.87. The molecule has 32 heavy (non-hydrogen) atoms. The van der Waals surface area contributed by atoms with Gasteiger partial charge in [0.05, 0.1) is 7.11 Å². The first kappa shape index (κ1) is 21.6. The average molecular weight is 435 g/mol. The number of benzene rings is 3. The molecule has 0 unspecified atom stereocenters. The summed E-state index contributed by atoms with van der Waals surface area (Å²) in [6.07, 6.45) is 0.766. The van der Waals surface area contributed by atoms with E-state index in [2.05, 4.69) is 4.98 Å². The Balaban J connectivity index is 1.53. The summed E-state index contributed by atoms with van der Waals surface area (Å²) in [4.78, 5) is 6.46. The van der Waals surface area contributed by atoms with E-state index in [1.165, 1.54) is 12.1 Å². The van der Waals surface area contributed by atoms with Crippen LogP contribution in [0.5, 0.6) is 11.5 Å². The number of nitrogens with zero attached hydrogens (tertiary/aromatic N) is 2. The molecule has 0 aliphatic carbocycles. The predicted molar refractivity (Wildman–Crippen MR) is 122 cm³/mol. The van der Waals surface area contributed by atoms with Crippen LogP contribution in [0.4, 0.5) is 10.4 Å². The first-order valence-electron chi connectivity index (χ1n) is 10.5. The van der Waals surface area contributed by atoms with Crippen LogP contribution in [0.15, 0.2) is 71.1 Å². The van der Waals surface area contributed by atoms with Crippen LogP contribution in [0, 0.1) is 5.82 Å². The summed E-state index contributed by atoms with van der Waals surface area (Å²) in [6.45, 7) is 2.19. The predicted octanol–water partition coefficient (Wildman–Crippen LogP) is 4.91. The molecule has 0 aliphatic heterocycles. The van der Waals surface area contributed by atoms with E-state index in [0.717, 1.165) is 17.5 Å². The lowest BCUT2D eigenvalue weighted by Crippen LogP contribution is -2.26. The van der Waals surface area contributed by atoms with Crippen LogP contribution in [0.2, 0.25) is 0 Å². The molecule has 0 fully saturated rings. The topological polar surface area (TPSA) is 73.8 Å². The van der Waals surface area contributed by atoms with Crippen molar-refractivity contribution in [2.24, 2.45) is 5.73 Å². The molecule has 7 heteroatoms. The Labute approximate surface area is 186 Å². The first-order chi connectivity index (χ1) is 15.7. The number of methoxy groups -OCH3 is 1. The Morgan fingerprint density at radius 3 is 2.62 bits per heavy atom. The van der Waals surface area contributed by atoms with Crippen LogP contribution in [0.25, 0.3) is 11.1 Å². The van der Waals surface area contributed by atoms with Gasteiger partial charge in [0.15, 0.2) is 17.1 Å². The van der Waals surface area contributed by atoms with Crippen molar-refractivity contribution in [3.8, 4) is 11.5 Å². The molecule has 6 nitrogen and oxygen atoms in total. The van der Waals surface area contributed by atoms with Crippen LogP contribution in [0.3, 0.4) is 0 Å². The maximum absolute atomic E-state index is 13.6. The highest BCUT2D eigenvalue weighted by atomic mass is 19.1. The van der Waals surface area contributed by atoms with E-state index in [9.17, 15) is 4.39 Å². The molecule has 0 spiro atoms. The number of oxazole rings is 1. The van der Waals surface area contributed by atoms with Crippen LogP contribution in [0.1, 0.15) is 17.5 Å². The summed E-state index contributed by atoms with van der Waals surface area (Å²) in [5, 5.41) is 0. The number of rotatable bonds is 10. The summed E-state index contributed by atoms with van der Waals surface area (Å²) in [7, 11) is 1.62. The maximum atomic E-state index is 13.6. The van der Waals surface area contributed by atoms with Gasteiger partial charge in [0.1, 0.15) is 17.9 Å². The van der Waals surface area contributed by atoms with Gasteiger partial charge in [0.2, 0.25) is 0 Å². The molecule has 0 radical (unpaired) electrons. The monoisotopic (exact) mass is 435 g/mol. The number of anilines is 1. The van der Waals surface area contributed by atoms with Gasteiger partial charge in [-0.25, -0.2) is 4.39 Å². The molecule has 0 aliphatic rings. The second kappa shape index (κ2) is 10.2. The largest absolute Gasteiger partial charge is 0.493 e. The highest BCUT2D eigenvalue weighted by molar-refractivity contribution is 5.74. The quantitative estimate of drug-likeness (QED) is 0.382. The lowest BCUT2D eigenvalue weighted by molar-refractivity contribution is 0.284. The van der Waals surface area contributed by atoms with E-state index in [0.29, 0.717) is 54.9 Å². The number of hydrogen-bond donors (Lipinski definition) is 1. The van der Waals surface area contributed by atoms with Gasteiger partial charge < -0.3 is 24.5 Å². The Morgan fingerprint density at radius 1 is 1.00 bits per heavy atom. The molecule has 4 aromatic rings. The maximum Gasteiger partial charge on any atom is 0.298 e. The number of fused-ring (bicyclic) bond motifs is 1. The molecule has 0 atom stereocenters. The van der Waals surface area contributed by atoms with Crippen LogP contribution in [-0.2, 0) is 13.2 Å². The zero-order valence-corrected chi connectivity index (χ0v) is 18.0. The molecular weight excluding hydrogens is 409 g/mol. The summed E-state index contributed by atoms with van der Waals surface area (Å²) in [6, 6.07) is 20.6. The van der Waals surface area contributed by atoms with Crippen LogP contribution < -0.4 is 20.1 Å². The van der Waals surface area contributed by atoms with Gasteiger partial charge in [-0.15, -0.1) is 0 Å². The minimum atomic E-state index is -0.346. The lowest BCUT2D eigenvalue weighted by atomic mass is 10.2. The second-order valence-corrected chi connectivity index (χ2v) is 7.43. The number of nitrogens with two attached hydrogens (primary N) is 1. The van der Waals surface area contributed by atoms with Crippen LogP contribution in [-0.4, -0.2) is 25.2 Å². The Bertz CT molecular complexity index is 1160. The van der Waals surface area contributed by atoms with Gasteiger partial charge in [-0.3, -0.25) is 0 Å². The van der Waals surface area contributed by atoms with E-state index in [-0.39, 0.29) is 5.82 Å². The van der Waals surface area contributed by atoms with Crippen molar-refractivity contribution in [2.75, 3.05) is 25.1 Å². The standard InChI is InChI=1S/C25H26FN3O3/c1-30-24-14-19(8-10-23(24)31-17-18-6-3-2-4-7-18)16-29(13-5-12-27)25-28-21-15-20(26)9-11-22(21)32-25/h2-4,6-11,14-15H,5,12-13,16-17,27H2,1H3. The van der Waals surface area contributed by atoms with E-state index >= 15 is 0 Å². The van der Waals surface area contributed by atoms with Gasteiger partial charge in [-0.1, -0.05) is 36.4 Å². The summed E-state index contributed by atoms with van der Waals surface area (Å²) in [5.41, 5.74) is 8.84. The number of ether oxygens (including phenoxy) is 2. The number of halogens is 1. The van der Waals surface area contributed by atoms with E-state index < -0.39 is 0 Å². The van der Waals surface area contributed by atoms with Crippen molar-refractivity contribution >= 4 is 17.1 Å². The minimum Gasteiger partial charge on any atom is -0.493 e. The van der Waals surface area contributed by atoms with E-state index in [1.54, 1.807) is 13.2 Å². The molecule has 1 aromatic heterocycles. The fourth-order valence-electron chi connectivity index (χ4n) is 3.43. The van der Waals surface area contributed by atoms with E-state index in [1.807, 2.05) is 53.4 Å². The zero-order chi connectivity index (χ0) is 22.3. The SMILES string of the molecule is COc1cc(CN(CCCN)c2nc3cc(F)ccc3o2)ccc1OCc1ccccc1. The third kappa shape index (κ3) is 5.18. The third-order valence-corrected chi connectivity index (χ3v) is 5.08. The molecule has 0 saturated carbocycles. The van der Waals surface area contributed by atoms with Gasteiger partial charge in [-0.2, -0.15) is 4.98 Å². The molecule has 166 valence electrons. The van der Waals surface area contributed by atoms with Crippen LogP contribution >= 0.6 is 0 Å². The Hall–Kier alpha value is -3.58. The third-order valence-electron chi connectivity index (χ3n) is 5.08. The average Bonchev–Trinajstić information content (AvgIpc) is 3.24. The van der Waals surface area contributed by atoms with Crippen molar-refractivity contribution in [3.05, 3.63) is 83.7 Å². The van der Waals surface area contributed by atoms with Gasteiger partial charge in [-0.05, 0) is 48.4 Å². The molecule has 4 rings (SSSR count). The van der Waals surface area contributed by atoms with Gasteiger partial charge in [0.25, 0.3) is 6.01 Å². The number of hydrogen-bond acceptors (Lipinski definition) is 6. The molecule has 0 bridgehead atoms. The van der Waals surface area contributed by atoms with Crippen molar-refractivity contribution in [2.45, 2.75) is 19.6 Å². The highest BCUT2D eigenvalue weighted by Crippen LogP contribution is 2.30. The number of aromatic nitrogens is 1. The van der Waals surface area contributed by atoms with Gasteiger partial charge >= 0.3 is 0 Å². The smallest absolute Gasteiger partial charge is 0.298 e. The lowest BCUT2D eigenvalue weighted by Gasteiger charge is -2.21. The fraction of sp³-hybridized carbons (Fsp3) is 0.240. The second-order valence-electron chi connectivity index (χ2n) is 7.43. The minimum absolute atomic E-state index is 0.346. The fourth-order valence-corrected chi connectivity index (χ4v) is 3.43. The summed E-state index contributed by atoms with van der Waals surface area (Å²) < 4.78 is 30.9. The molecule has 0 saturated heterocycles. The first-order valence-corrected chi connectivity index (χ1v) is 10.5. The van der Waals surface area contributed by atoms with Crippen molar-refractivity contribution < 1.29 is 18.3 Å². The Morgan fingerprint density at radius 2 is 1.84 bits per heavy atom. The van der Waals surface area contributed by atoms with Crippen molar-refractivity contribution in [1.29, 1.82) is 0 Å². The molecule has 2 N–H and O–H groups in total. The summed E-state index contributed by atoms with van der Waals surface area (Å²) in [5.74, 6) is 0.976. The molecule has 1 heterocycles. The highest BCUT2D eigenvalue weighted by Gasteiger charge is 2.16. The molecular formula is C25H26FN3O3.